The molecule has 0 fully saturated rings. The van der Waals surface area contributed by atoms with Gasteiger partial charge in [0.25, 0.3) is 0 Å². The Morgan fingerprint density at radius 2 is 2.21 bits per heavy atom. The van der Waals surface area contributed by atoms with Crippen LogP contribution in [0.25, 0.3) is 0 Å². The lowest BCUT2D eigenvalue weighted by molar-refractivity contribution is 0.0600. The Hall–Kier alpha value is -1.51. The fourth-order valence-electron chi connectivity index (χ4n) is 1.30. The van der Waals surface area contributed by atoms with Crippen LogP contribution in [-0.4, -0.2) is 18.2 Å². The Labute approximate surface area is 83.3 Å². The van der Waals surface area contributed by atoms with E-state index in [0.29, 0.717) is 5.56 Å². The second-order valence-corrected chi connectivity index (χ2v) is 3.09. The summed E-state index contributed by atoms with van der Waals surface area (Å²) in [6, 6.07) is 4.75. The number of carbonyl (C=O) groups excluding carboxylic acids is 1. The van der Waals surface area contributed by atoms with Crippen LogP contribution in [0.1, 0.15) is 29.3 Å². The molecule has 0 saturated carbocycles. The van der Waals surface area contributed by atoms with Crippen LogP contribution in [0, 0.1) is 0 Å². The van der Waals surface area contributed by atoms with Gasteiger partial charge in [0.05, 0.1) is 12.7 Å². The van der Waals surface area contributed by atoms with Gasteiger partial charge in [-0.05, 0) is 30.2 Å². The number of methoxy groups -OCH3 is 1. The molecule has 0 atom stereocenters. The number of hydrogen-bond donors (Lipinski definition) is 1. The summed E-state index contributed by atoms with van der Waals surface area (Å²) in [6.07, 6.45) is 1.69. The summed E-state index contributed by atoms with van der Waals surface area (Å²) in [7, 11) is 1.34. The molecule has 3 heteroatoms. The van der Waals surface area contributed by atoms with Gasteiger partial charge in [-0.25, -0.2) is 4.79 Å². The molecule has 0 saturated heterocycles. The molecule has 0 heterocycles. The molecule has 0 amide bonds. The highest BCUT2D eigenvalue weighted by Gasteiger charge is 2.08. The molecule has 0 aliphatic rings. The summed E-state index contributed by atoms with van der Waals surface area (Å²) < 4.78 is 4.59. The molecule has 1 rings (SSSR count). The number of carbonyl (C=O) groups is 1. The van der Waals surface area contributed by atoms with Crippen molar-refractivity contribution in [1.82, 2.24) is 0 Å². The molecule has 1 aromatic carbocycles. The maximum Gasteiger partial charge on any atom is 0.337 e. The zero-order chi connectivity index (χ0) is 10.6. The fourth-order valence-corrected chi connectivity index (χ4v) is 1.30. The summed E-state index contributed by atoms with van der Waals surface area (Å²) in [5.41, 5.74) is 1.27. The summed E-state index contributed by atoms with van der Waals surface area (Å²) in [4.78, 5) is 11.2. The number of aryl methyl sites for hydroxylation is 1. The molecule has 0 aliphatic carbocycles. The van der Waals surface area contributed by atoms with E-state index in [1.54, 1.807) is 12.1 Å². The molecule has 0 unspecified atom stereocenters. The van der Waals surface area contributed by atoms with Gasteiger partial charge in [-0.1, -0.05) is 13.3 Å². The smallest absolute Gasteiger partial charge is 0.337 e. The number of ether oxygens (including phenoxy) is 1. The number of hydrogen-bond acceptors (Lipinski definition) is 3. The number of benzene rings is 1. The molecule has 0 aliphatic heterocycles. The highest BCUT2D eigenvalue weighted by Crippen LogP contribution is 2.20. The topological polar surface area (TPSA) is 46.5 Å². The Bertz CT molecular complexity index is 331. The van der Waals surface area contributed by atoms with Crippen LogP contribution < -0.4 is 0 Å². The molecule has 3 nitrogen and oxygen atoms in total. The van der Waals surface area contributed by atoms with E-state index in [2.05, 4.69) is 4.74 Å². The third-order valence-electron chi connectivity index (χ3n) is 2.02. The molecule has 1 aromatic rings. The van der Waals surface area contributed by atoms with Crippen LogP contribution in [0.3, 0.4) is 0 Å². The maximum atomic E-state index is 11.2. The van der Waals surface area contributed by atoms with Crippen molar-refractivity contribution in [1.29, 1.82) is 0 Å². The quantitative estimate of drug-likeness (QED) is 0.750. The number of phenols is 1. The average molecular weight is 194 g/mol. The second kappa shape index (κ2) is 4.65. The van der Waals surface area contributed by atoms with E-state index in [4.69, 9.17) is 0 Å². The van der Waals surface area contributed by atoms with Crippen LogP contribution >= 0.6 is 0 Å². The van der Waals surface area contributed by atoms with Gasteiger partial charge in [-0.3, -0.25) is 0 Å². The van der Waals surface area contributed by atoms with Crippen molar-refractivity contribution in [3.8, 4) is 5.75 Å². The van der Waals surface area contributed by atoms with Gasteiger partial charge >= 0.3 is 5.97 Å². The highest BCUT2D eigenvalue weighted by atomic mass is 16.5. The van der Waals surface area contributed by atoms with E-state index >= 15 is 0 Å². The van der Waals surface area contributed by atoms with Gasteiger partial charge in [-0.15, -0.1) is 0 Å². The number of rotatable bonds is 3. The minimum atomic E-state index is -0.373. The normalized spacial score (nSPS) is 9.86. The first-order valence-corrected chi connectivity index (χ1v) is 4.59. The summed E-state index contributed by atoms with van der Waals surface area (Å²) in [6.45, 7) is 2.02. The highest BCUT2D eigenvalue weighted by molar-refractivity contribution is 5.89. The number of aromatic hydroxyl groups is 1. The van der Waals surface area contributed by atoms with Crippen molar-refractivity contribution in [2.24, 2.45) is 0 Å². The molecule has 1 N–H and O–H groups in total. The van der Waals surface area contributed by atoms with E-state index in [1.165, 1.54) is 13.2 Å². The van der Waals surface area contributed by atoms with Gasteiger partial charge in [0.15, 0.2) is 0 Å². The standard InChI is InChI=1S/C11H14O3/c1-3-4-8-7-9(11(13)14-2)5-6-10(8)12/h5-7,12H,3-4H2,1-2H3. The number of esters is 1. The maximum absolute atomic E-state index is 11.2. The van der Waals surface area contributed by atoms with Crippen LogP contribution in [0.2, 0.25) is 0 Å². The van der Waals surface area contributed by atoms with Gasteiger partial charge in [0.1, 0.15) is 5.75 Å². The Morgan fingerprint density at radius 3 is 2.79 bits per heavy atom. The Balaban J connectivity index is 2.99. The summed E-state index contributed by atoms with van der Waals surface area (Å²) >= 11 is 0. The van der Waals surface area contributed by atoms with Crippen molar-refractivity contribution < 1.29 is 14.6 Å². The lowest BCUT2D eigenvalue weighted by Crippen LogP contribution is -2.01. The zero-order valence-electron chi connectivity index (χ0n) is 8.41. The molecule has 0 spiro atoms. The van der Waals surface area contributed by atoms with Crippen molar-refractivity contribution in [3.63, 3.8) is 0 Å². The first kappa shape index (κ1) is 10.6. The van der Waals surface area contributed by atoms with E-state index in [9.17, 15) is 9.90 Å². The summed E-state index contributed by atoms with van der Waals surface area (Å²) in [5.74, 6) is -0.137. The first-order chi connectivity index (χ1) is 6.69. The molecular weight excluding hydrogens is 180 g/mol. The predicted octanol–water partition coefficient (Wildman–Crippen LogP) is 2.13. The molecular formula is C11H14O3. The van der Waals surface area contributed by atoms with Gasteiger partial charge in [0, 0.05) is 0 Å². The first-order valence-electron chi connectivity index (χ1n) is 4.59. The Kier molecular flexibility index (Phi) is 3.51. The Morgan fingerprint density at radius 1 is 1.50 bits per heavy atom. The van der Waals surface area contributed by atoms with Crippen molar-refractivity contribution in [2.75, 3.05) is 7.11 Å². The van der Waals surface area contributed by atoms with E-state index in [1.807, 2.05) is 6.92 Å². The largest absolute Gasteiger partial charge is 0.508 e. The minimum absolute atomic E-state index is 0.236. The van der Waals surface area contributed by atoms with Crippen LogP contribution in [0.15, 0.2) is 18.2 Å². The molecule has 76 valence electrons. The van der Waals surface area contributed by atoms with E-state index in [0.717, 1.165) is 18.4 Å². The number of phenolic OH excluding ortho intramolecular Hbond substituents is 1. The predicted molar refractivity (Wildman–Crippen MR) is 53.4 cm³/mol. The van der Waals surface area contributed by atoms with Crippen LogP contribution in [0.4, 0.5) is 0 Å². The second-order valence-electron chi connectivity index (χ2n) is 3.09. The van der Waals surface area contributed by atoms with Crippen LogP contribution in [0.5, 0.6) is 5.75 Å². The third-order valence-corrected chi connectivity index (χ3v) is 2.02. The van der Waals surface area contributed by atoms with Crippen molar-refractivity contribution >= 4 is 5.97 Å². The van der Waals surface area contributed by atoms with Crippen molar-refractivity contribution in [3.05, 3.63) is 29.3 Å². The SMILES string of the molecule is CCCc1cc(C(=O)OC)ccc1O. The van der Waals surface area contributed by atoms with E-state index < -0.39 is 0 Å². The van der Waals surface area contributed by atoms with Gasteiger partial charge < -0.3 is 9.84 Å². The van der Waals surface area contributed by atoms with Gasteiger partial charge in [0.2, 0.25) is 0 Å². The molecule has 14 heavy (non-hydrogen) atoms. The zero-order valence-corrected chi connectivity index (χ0v) is 8.41. The lowest BCUT2D eigenvalue weighted by Gasteiger charge is -2.05. The lowest BCUT2D eigenvalue weighted by atomic mass is 10.1. The minimum Gasteiger partial charge on any atom is -0.508 e. The summed E-state index contributed by atoms with van der Waals surface area (Å²) in [5, 5.41) is 9.47. The molecule has 0 aromatic heterocycles. The average Bonchev–Trinajstić information content (AvgIpc) is 2.20. The van der Waals surface area contributed by atoms with Gasteiger partial charge in [-0.2, -0.15) is 0 Å². The molecule has 0 bridgehead atoms. The van der Waals surface area contributed by atoms with Crippen LogP contribution in [-0.2, 0) is 11.2 Å². The van der Waals surface area contributed by atoms with Crippen molar-refractivity contribution in [2.45, 2.75) is 19.8 Å². The monoisotopic (exact) mass is 194 g/mol. The van der Waals surface area contributed by atoms with E-state index in [-0.39, 0.29) is 11.7 Å². The third kappa shape index (κ3) is 2.25. The fraction of sp³-hybridized carbons (Fsp3) is 0.364. The molecule has 0 radical (unpaired) electrons.